The summed E-state index contributed by atoms with van der Waals surface area (Å²) < 4.78 is 6.07. The fraction of sp³-hybridized carbons (Fsp3) is 1.00. The van der Waals surface area contributed by atoms with Crippen molar-refractivity contribution in [2.75, 3.05) is 40.3 Å². The van der Waals surface area contributed by atoms with Gasteiger partial charge in [0.15, 0.2) is 0 Å². The Hall–Kier alpha value is -0.120. The molecule has 1 N–H and O–H groups in total. The van der Waals surface area contributed by atoms with Gasteiger partial charge in [-0.1, -0.05) is 6.92 Å². The zero-order valence-corrected chi connectivity index (χ0v) is 11.2. The van der Waals surface area contributed by atoms with Crippen LogP contribution in [0.15, 0.2) is 0 Å². The van der Waals surface area contributed by atoms with E-state index in [-0.39, 0.29) is 5.60 Å². The van der Waals surface area contributed by atoms with Crippen LogP contribution < -0.4 is 5.32 Å². The van der Waals surface area contributed by atoms with Gasteiger partial charge < -0.3 is 15.0 Å². The molecule has 1 aliphatic carbocycles. The minimum Gasteiger partial charge on any atom is -0.374 e. The van der Waals surface area contributed by atoms with Crippen molar-refractivity contribution >= 4 is 0 Å². The Morgan fingerprint density at radius 3 is 2.50 bits per heavy atom. The third-order valence-electron chi connectivity index (χ3n) is 3.40. The average Bonchev–Trinajstić information content (AvgIpc) is 2.19. The standard InChI is InChI=1S/C13H28N2O/c1-4-9-14-10-8-13(6-5-7-13)16-12-11-15(2)3/h14H,4-12H2,1-3H3. The fourth-order valence-electron chi connectivity index (χ4n) is 2.10. The van der Waals surface area contributed by atoms with Gasteiger partial charge in [-0.15, -0.1) is 0 Å². The third-order valence-corrected chi connectivity index (χ3v) is 3.40. The number of hydrogen-bond acceptors (Lipinski definition) is 3. The Morgan fingerprint density at radius 2 is 2.00 bits per heavy atom. The quantitative estimate of drug-likeness (QED) is 0.610. The molecule has 16 heavy (non-hydrogen) atoms. The molecule has 0 unspecified atom stereocenters. The minimum atomic E-state index is 0.219. The highest BCUT2D eigenvalue weighted by Crippen LogP contribution is 2.38. The Morgan fingerprint density at radius 1 is 1.25 bits per heavy atom. The number of rotatable bonds is 9. The number of ether oxygens (including phenoxy) is 1. The first-order chi connectivity index (χ1) is 7.68. The van der Waals surface area contributed by atoms with Crippen molar-refractivity contribution in [3.8, 4) is 0 Å². The molecule has 1 fully saturated rings. The SMILES string of the molecule is CCCNCCC1(OCCN(C)C)CCC1. The molecule has 0 radical (unpaired) electrons. The lowest BCUT2D eigenvalue weighted by molar-refractivity contribution is -0.106. The molecule has 0 saturated heterocycles. The van der Waals surface area contributed by atoms with Crippen molar-refractivity contribution in [2.24, 2.45) is 0 Å². The molecule has 0 aromatic heterocycles. The van der Waals surface area contributed by atoms with Crippen LogP contribution in [0.2, 0.25) is 0 Å². The maximum atomic E-state index is 6.07. The zero-order valence-electron chi connectivity index (χ0n) is 11.2. The smallest absolute Gasteiger partial charge is 0.0695 e. The Labute approximate surface area is 101 Å². The van der Waals surface area contributed by atoms with Gasteiger partial charge in [0, 0.05) is 6.54 Å². The van der Waals surface area contributed by atoms with Crippen LogP contribution in [-0.4, -0.2) is 50.8 Å². The van der Waals surface area contributed by atoms with Crippen LogP contribution in [0.4, 0.5) is 0 Å². The Kier molecular flexibility index (Phi) is 6.32. The van der Waals surface area contributed by atoms with E-state index in [1.807, 2.05) is 0 Å². The van der Waals surface area contributed by atoms with Gasteiger partial charge in [0.2, 0.25) is 0 Å². The van der Waals surface area contributed by atoms with Gasteiger partial charge in [0.05, 0.1) is 12.2 Å². The minimum absolute atomic E-state index is 0.219. The molecule has 1 saturated carbocycles. The molecular weight excluding hydrogens is 200 g/mol. The number of hydrogen-bond donors (Lipinski definition) is 1. The van der Waals surface area contributed by atoms with E-state index in [9.17, 15) is 0 Å². The summed E-state index contributed by atoms with van der Waals surface area (Å²) in [5.41, 5.74) is 0.219. The molecule has 1 rings (SSSR count). The summed E-state index contributed by atoms with van der Waals surface area (Å²) in [4.78, 5) is 2.18. The van der Waals surface area contributed by atoms with Gasteiger partial charge in [0.1, 0.15) is 0 Å². The summed E-state index contributed by atoms with van der Waals surface area (Å²) in [5, 5.41) is 3.47. The molecule has 0 aromatic carbocycles. The van der Waals surface area contributed by atoms with Gasteiger partial charge in [-0.3, -0.25) is 0 Å². The van der Waals surface area contributed by atoms with Crippen molar-refractivity contribution in [3.05, 3.63) is 0 Å². The molecule has 0 heterocycles. The van der Waals surface area contributed by atoms with Crippen molar-refractivity contribution < 1.29 is 4.74 Å². The second-order valence-corrected chi connectivity index (χ2v) is 5.19. The van der Waals surface area contributed by atoms with E-state index in [1.165, 1.54) is 32.1 Å². The number of nitrogens with one attached hydrogen (secondary N) is 1. The Balaban J connectivity index is 2.12. The highest BCUT2D eigenvalue weighted by Gasteiger charge is 2.37. The number of nitrogens with zero attached hydrogens (tertiary/aromatic N) is 1. The van der Waals surface area contributed by atoms with Crippen LogP contribution in [0.3, 0.4) is 0 Å². The van der Waals surface area contributed by atoms with Crippen LogP contribution in [0, 0.1) is 0 Å². The molecule has 0 aliphatic heterocycles. The largest absolute Gasteiger partial charge is 0.374 e. The summed E-state index contributed by atoms with van der Waals surface area (Å²) in [7, 11) is 4.19. The van der Waals surface area contributed by atoms with E-state index < -0.39 is 0 Å². The summed E-state index contributed by atoms with van der Waals surface area (Å²) >= 11 is 0. The van der Waals surface area contributed by atoms with E-state index in [4.69, 9.17) is 4.74 Å². The van der Waals surface area contributed by atoms with Gasteiger partial charge >= 0.3 is 0 Å². The maximum Gasteiger partial charge on any atom is 0.0695 e. The highest BCUT2D eigenvalue weighted by atomic mass is 16.5. The monoisotopic (exact) mass is 228 g/mol. The van der Waals surface area contributed by atoms with Gasteiger partial charge in [-0.2, -0.15) is 0 Å². The molecule has 0 spiro atoms. The molecule has 0 amide bonds. The lowest BCUT2D eigenvalue weighted by Crippen LogP contribution is -2.44. The lowest BCUT2D eigenvalue weighted by atomic mass is 9.77. The number of likely N-dealkylation sites (N-methyl/N-ethyl adjacent to an activating group) is 1. The first kappa shape index (κ1) is 13.9. The summed E-state index contributed by atoms with van der Waals surface area (Å²) in [6.07, 6.45) is 6.26. The molecule has 3 heteroatoms. The van der Waals surface area contributed by atoms with Gasteiger partial charge in [0.25, 0.3) is 0 Å². The maximum absolute atomic E-state index is 6.07. The highest BCUT2D eigenvalue weighted by molar-refractivity contribution is 4.90. The zero-order chi connectivity index (χ0) is 11.9. The van der Waals surface area contributed by atoms with Crippen molar-refractivity contribution in [1.82, 2.24) is 10.2 Å². The van der Waals surface area contributed by atoms with E-state index in [1.54, 1.807) is 0 Å². The van der Waals surface area contributed by atoms with Gasteiger partial charge in [-0.25, -0.2) is 0 Å². The van der Waals surface area contributed by atoms with Crippen LogP contribution in [0.5, 0.6) is 0 Å². The molecule has 1 aliphatic rings. The molecule has 0 atom stereocenters. The van der Waals surface area contributed by atoms with Crippen molar-refractivity contribution in [2.45, 2.75) is 44.6 Å². The molecular formula is C13H28N2O. The Bertz CT molecular complexity index is 179. The second kappa shape index (κ2) is 7.25. The molecule has 0 aromatic rings. The summed E-state index contributed by atoms with van der Waals surface area (Å²) in [6, 6.07) is 0. The van der Waals surface area contributed by atoms with E-state index in [0.717, 1.165) is 26.2 Å². The van der Waals surface area contributed by atoms with Crippen LogP contribution >= 0.6 is 0 Å². The average molecular weight is 228 g/mol. The van der Waals surface area contributed by atoms with E-state index in [2.05, 4.69) is 31.2 Å². The van der Waals surface area contributed by atoms with Crippen LogP contribution in [-0.2, 0) is 4.74 Å². The molecule has 96 valence electrons. The first-order valence-electron chi connectivity index (χ1n) is 6.68. The summed E-state index contributed by atoms with van der Waals surface area (Å²) in [5.74, 6) is 0. The summed E-state index contributed by atoms with van der Waals surface area (Å²) in [6.45, 7) is 6.36. The van der Waals surface area contributed by atoms with Crippen LogP contribution in [0.1, 0.15) is 39.0 Å². The topological polar surface area (TPSA) is 24.5 Å². The molecule has 3 nitrogen and oxygen atoms in total. The predicted molar refractivity (Wildman–Crippen MR) is 68.9 cm³/mol. The van der Waals surface area contributed by atoms with Crippen LogP contribution in [0.25, 0.3) is 0 Å². The van der Waals surface area contributed by atoms with Gasteiger partial charge in [-0.05, 0) is 59.3 Å². The van der Waals surface area contributed by atoms with Crippen molar-refractivity contribution in [1.29, 1.82) is 0 Å². The first-order valence-corrected chi connectivity index (χ1v) is 6.68. The fourth-order valence-corrected chi connectivity index (χ4v) is 2.10. The lowest BCUT2D eigenvalue weighted by Gasteiger charge is -2.42. The second-order valence-electron chi connectivity index (χ2n) is 5.19. The normalized spacial score (nSPS) is 18.8. The molecule has 0 bridgehead atoms. The van der Waals surface area contributed by atoms with E-state index in [0.29, 0.717) is 0 Å². The third kappa shape index (κ3) is 4.81. The van der Waals surface area contributed by atoms with Crippen molar-refractivity contribution in [3.63, 3.8) is 0 Å². The van der Waals surface area contributed by atoms with E-state index >= 15 is 0 Å². The predicted octanol–water partition coefficient (Wildman–Crippen LogP) is 1.88.